The van der Waals surface area contributed by atoms with Gasteiger partial charge in [-0.25, -0.2) is 4.79 Å². The molecule has 1 atom stereocenters. The zero-order valence-corrected chi connectivity index (χ0v) is 16.7. The molecule has 0 aromatic heterocycles. The number of carbonyl (C=O) groups is 2. The van der Waals surface area contributed by atoms with Crippen molar-refractivity contribution < 1.29 is 19.1 Å². The summed E-state index contributed by atoms with van der Waals surface area (Å²) < 4.78 is 10.0. The van der Waals surface area contributed by atoms with E-state index in [0.717, 1.165) is 43.4 Å². The van der Waals surface area contributed by atoms with Crippen LogP contribution >= 0.6 is 0 Å². The van der Waals surface area contributed by atoms with E-state index in [1.165, 1.54) is 13.5 Å². The first-order chi connectivity index (χ1) is 13.0. The summed E-state index contributed by atoms with van der Waals surface area (Å²) in [5.41, 5.74) is 1.12. The van der Waals surface area contributed by atoms with Crippen molar-refractivity contribution in [3.05, 3.63) is 29.8 Å². The van der Waals surface area contributed by atoms with Gasteiger partial charge in [0.1, 0.15) is 5.75 Å². The van der Waals surface area contributed by atoms with Crippen molar-refractivity contribution >= 4 is 12.0 Å². The summed E-state index contributed by atoms with van der Waals surface area (Å²) in [5, 5.41) is 3.15. The van der Waals surface area contributed by atoms with E-state index in [4.69, 9.17) is 9.47 Å². The fraction of sp³-hybridized carbons (Fsp3) is 0.619. The Kier molecular flexibility index (Phi) is 8.43. The Morgan fingerprint density at radius 3 is 2.41 bits per heavy atom. The molecule has 1 aliphatic carbocycles. The molecular weight excluding hydrogens is 344 g/mol. The van der Waals surface area contributed by atoms with Gasteiger partial charge in [0.2, 0.25) is 0 Å². The lowest BCUT2D eigenvalue weighted by atomic mass is 9.96. The molecule has 2 amide bonds. The highest BCUT2D eigenvalue weighted by Crippen LogP contribution is 2.18. The lowest BCUT2D eigenvalue weighted by Gasteiger charge is -2.29. The molecular formula is C21H32N2O4. The molecule has 6 nitrogen and oxygen atoms in total. The average Bonchev–Trinajstić information content (AvgIpc) is 2.71. The maximum Gasteiger partial charge on any atom is 0.317 e. The Bertz CT molecular complexity index is 597. The van der Waals surface area contributed by atoms with Crippen LogP contribution in [-0.2, 0) is 16.0 Å². The van der Waals surface area contributed by atoms with E-state index in [-0.39, 0.29) is 24.0 Å². The molecule has 0 radical (unpaired) electrons. The van der Waals surface area contributed by atoms with Crippen LogP contribution in [0.4, 0.5) is 4.79 Å². The number of benzene rings is 1. The second-order valence-corrected chi connectivity index (χ2v) is 7.25. The number of rotatable bonds is 8. The molecule has 0 spiro atoms. The third-order valence-corrected chi connectivity index (χ3v) is 5.15. The Morgan fingerprint density at radius 2 is 1.81 bits per heavy atom. The highest BCUT2D eigenvalue weighted by atomic mass is 16.5. The number of carbonyl (C=O) groups excluding carboxylic acids is 2. The number of amides is 2. The summed E-state index contributed by atoms with van der Waals surface area (Å²) in [4.78, 5) is 26.4. The first kappa shape index (κ1) is 21.1. The molecule has 0 aliphatic heterocycles. The fourth-order valence-electron chi connectivity index (χ4n) is 3.45. The van der Waals surface area contributed by atoms with Crippen molar-refractivity contribution in [1.29, 1.82) is 0 Å². The third kappa shape index (κ3) is 6.77. The summed E-state index contributed by atoms with van der Waals surface area (Å²) in [6.07, 6.45) is 6.35. The summed E-state index contributed by atoms with van der Waals surface area (Å²) >= 11 is 0. The van der Waals surface area contributed by atoms with Crippen molar-refractivity contribution in [1.82, 2.24) is 10.2 Å². The van der Waals surface area contributed by atoms with E-state index < -0.39 is 0 Å². The average molecular weight is 376 g/mol. The smallest absolute Gasteiger partial charge is 0.317 e. The van der Waals surface area contributed by atoms with Crippen molar-refractivity contribution in [2.45, 2.75) is 51.5 Å². The molecule has 6 heteroatoms. The summed E-state index contributed by atoms with van der Waals surface area (Å²) in [6, 6.07) is 7.98. The highest BCUT2D eigenvalue weighted by Gasteiger charge is 2.24. The number of ether oxygens (including phenoxy) is 2. The second-order valence-electron chi connectivity index (χ2n) is 7.25. The third-order valence-electron chi connectivity index (χ3n) is 5.15. The van der Waals surface area contributed by atoms with Crippen molar-refractivity contribution in [3.63, 3.8) is 0 Å². The zero-order chi connectivity index (χ0) is 19.6. The number of methoxy groups -OCH3 is 2. The largest absolute Gasteiger partial charge is 0.497 e. The van der Waals surface area contributed by atoms with Gasteiger partial charge in [0.05, 0.1) is 20.1 Å². The van der Waals surface area contributed by atoms with Gasteiger partial charge < -0.3 is 19.7 Å². The molecule has 1 N–H and O–H groups in total. The molecule has 1 aromatic rings. The van der Waals surface area contributed by atoms with Crippen LogP contribution in [0.3, 0.4) is 0 Å². The summed E-state index contributed by atoms with van der Waals surface area (Å²) in [6.45, 7) is 2.69. The van der Waals surface area contributed by atoms with E-state index in [0.29, 0.717) is 13.1 Å². The fourth-order valence-corrected chi connectivity index (χ4v) is 3.45. The van der Waals surface area contributed by atoms with Gasteiger partial charge in [0.25, 0.3) is 0 Å². The lowest BCUT2D eigenvalue weighted by Crippen LogP contribution is -2.48. The number of esters is 1. The van der Waals surface area contributed by atoms with Gasteiger partial charge in [-0.1, -0.05) is 38.3 Å². The molecule has 0 saturated heterocycles. The number of urea groups is 1. The van der Waals surface area contributed by atoms with Gasteiger partial charge in [-0.05, 0) is 37.0 Å². The second kappa shape index (κ2) is 10.8. The molecule has 1 aromatic carbocycles. The van der Waals surface area contributed by atoms with Gasteiger partial charge >= 0.3 is 12.0 Å². The Labute approximate surface area is 162 Å². The number of nitrogens with zero attached hydrogens (tertiary/aromatic N) is 1. The lowest BCUT2D eigenvalue weighted by molar-refractivity contribution is -0.145. The van der Waals surface area contributed by atoms with E-state index >= 15 is 0 Å². The predicted molar refractivity (Wildman–Crippen MR) is 105 cm³/mol. The Balaban J connectivity index is 1.98. The van der Waals surface area contributed by atoms with E-state index in [9.17, 15) is 9.59 Å². The van der Waals surface area contributed by atoms with Gasteiger partial charge in [-0.15, -0.1) is 0 Å². The van der Waals surface area contributed by atoms with Crippen molar-refractivity contribution in [2.75, 3.05) is 27.3 Å². The first-order valence-electron chi connectivity index (χ1n) is 9.79. The summed E-state index contributed by atoms with van der Waals surface area (Å²) in [7, 11) is 3.02. The van der Waals surface area contributed by atoms with Gasteiger partial charge in [-0.3, -0.25) is 4.79 Å². The van der Waals surface area contributed by atoms with Crippen LogP contribution in [0.2, 0.25) is 0 Å². The molecule has 0 bridgehead atoms. The Hall–Kier alpha value is -2.24. The SMILES string of the molecule is COC(=O)C(C)CN(CCc1ccc(OC)cc1)C(=O)NC1CCCCC1. The quantitative estimate of drug-likeness (QED) is 0.706. The zero-order valence-electron chi connectivity index (χ0n) is 16.7. The van der Waals surface area contributed by atoms with Gasteiger partial charge in [-0.2, -0.15) is 0 Å². The minimum absolute atomic E-state index is 0.0915. The minimum atomic E-state index is -0.358. The Morgan fingerprint density at radius 1 is 1.15 bits per heavy atom. The van der Waals surface area contributed by atoms with Crippen LogP contribution in [0.1, 0.15) is 44.6 Å². The molecule has 1 unspecified atom stereocenters. The van der Waals surface area contributed by atoms with Crippen LogP contribution < -0.4 is 10.1 Å². The van der Waals surface area contributed by atoms with Crippen molar-refractivity contribution in [3.8, 4) is 5.75 Å². The molecule has 1 aliphatic rings. The van der Waals surface area contributed by atoms with Gasteiger partial charge in [0, 0.05) is 19.1 Å². The van der Waals surface area contributed by atoms with Crippen LogP contribution in [0.25, 0.3) is 0 Å². The molecule has 0 heterocycles. The van der Waals surface area contributed by atoms with Gasteiger partial charge in [0.15, 0.2) is 0 Å². The van der Waals surface area contributed by atoms with Crippen LogP contribution in [0, 0.1) is 5.92 Å². The highest BCUT2D eigenvalue weighted by molar-refractivity contribution is 5.76. The maximum atomic E-state index is 12.8. The number of hydrogen-bond acceptors (Lipinski definition) is 4. The molecule has 1 fully saturated rings. The van der Waals surface area contributed by atoms with E-state index in [1.54, 1.807) is 18.9 Å². The topological polar surface area (TPSA) is 67.9 Å². The van der Waals surface area contributed by atoms with Crippen LogP contribution in [0.5, 0.6) is 5.75 Å². The number of nitrogens with one attached hydrogen (secondary N) is 1. The number of hydrogen-bond donors (Lipinski definition) is 1. The monoisotopic (exact) mass is 376 g/mol. The molecule has 2 rings (SSSR count). The van der Waals surface area contributed by atoms with Crippen LogP contribution in [-0.4, -0.2) is 50.3 Å². The first-order valence-corrected chi connectivity index (χ1v) is 9.79. The molecule has 27 heavy (non-hydrogen) atoms. The normalized spacial score (nSPS) is 15.7. The van der Waals surface area contributed by atoms with Crippen molar-refractivity contribution in [2.24, 2.45) is 5.92 Å². The molecule has 150 valence electrons. The van der Waals surface area contributed by atoms with E-state index in [1.807, 2.05) is 24.3 Å². The minimum Gasteiger partial charge on any atom is -0.497 e. The predicted octanol–water partition coefficient (Wildman–Crippen LogP) is 3.39. The van der Waals surface area contributed by atoms with E-state index in [2.05, 4.69) is 5.32 Å². The maximum absolute atomic E-state index is 12.8. The van der Waals surface area contributed by atoms with Crippen LogP contribution in [0.15, 0.2) is 24.3 Å². The summed E-state index contributed by atoms with van der Waals surface area (Å²) in [5.74, 6) is 0.155. The molecule has 1 saturated carbocycles. The standard InChI is InChI=1S/C21H32N2O4/c1-16(20(24)27-3)15-23(21(25)22-18-7-5-4-6-8-18)14-13-17-9-11-19(26-2)12-10-17/h9-12,16,18H,4-8,13-15H2,1-3H3,(H,22,25).